The predicted octanol–water partition coefficient (Wildman–Crippen LogP) is 0.716. The molecule has 9 nitrogen and oxygen atoms in total. The van der Waals surface area contributed by atoms with Gasteiger partial charge < -0.3 is 24.8 Å². The molecule has 0 radical (unpaired) electrons. The summed E-state index contributed by atoms with van der Waals surface area (Å²) in [5.41, 5.74) is 0. The van der Waals surface area contributed by atoms with Crippen molar-refractivity contribution in [3.8, 4) is 0 Å². The average molecular weight is 328 g/mol. The van der Waals surface area contributed by atoms with E-state index >= 15 is 0 Å². The smallest absolute Gasteiger partial charge is 0.307 e. The number of hydrogen-bond acceptors (Lipinski definition) is 5. The van der Waals surface area contributed by atoms with Crippen LogP contribution in [-0.4, -0.2) is 44.3 Å². The third kappa shape index (κ3) is 6.20. The molecule has 2 unspecified atom stereocenters. The molecule has 1 heterocycles. The van der Waals surface area contributed by atoms with Crippen molar-refractivity contribution in [3.63, 3.8) is 0 Å². The van der Waals surface area contributed by atoms with Crippen molar-refractivity contribution >= 4 is 23.9 Å². The first-order chi connectivity index (χ1) is 10.7. The number of hydrogen-bond donors (Lipinski definition) is 4. The van der Waals surface area contributed by atoms with Crippen LogP contribution in [0.15, 0.2) is 16.5 Å². The van der Waals surface area contributed by atoms with Gasteiger partial charge in [0.2, 0.25) is 0 Å². The van der Waals surface area contributed by atoms with Gasteiger partial charge in [-0.1, -0.05) is 0 Å². The lowest BCUT2D eigenvalue weighted by atomic mass is 10.00. The molecule has 126 valence electrons. The van der Waals surface area contributed by atoms with Crippen molar-refractivity contribution in [2.45, 2.75) is 25.7 Å². The van der Waals surface area contributed by atoms with Gasteiger partial charge in [-0.25, -0.2) is 0 Å². The van der Waals surface area contributed by atoms with E-state index in [9.17, 15) is 19.2 Å². The Bertz CT molecular complexity index is 551. The molecule has 9 heteroatoms. The molecule has 0 fully saturated rings. The number of rotatable bonds is 10. The first-order valence-corrected chi connectivity index (χ1v) is 6.65. The molecule has 4 N–H and O–H groups in total. The van der Waals surface area contributed by atoms with E-state index < -0.39 is 48.6 Å². The fourth-order valence-corrected chi connectivity index (χ4v) is 2.04. The van der Waals surface area contributed by atoms with Gasteiger partial charge in [-0.05, 0) is 12.1 Å². The van der Waals surface area contributed by atoms with Gasteiger partial charge in [0.15, 0.2) is 0 Å². The Balaban J connectivity index is 2.76. The Morgan fingerprint density at radius 3 is 1.39 bits per heavy atom. The summed E-state index contributed by atoms with van der Waals surface area (Å²) in [4.78, 5) is 43.2. The molecule has 1 rings (SSSR count). The van der Waals surface area contributed by atoms with E-state index in [0.29, 0.717) is 0 Å². The Hall–Kier alpha value is -2.84. The minimum absolute atomic E-state index is 0.154. The van der Waals surface area contributed by atoms with Crippen molar-refractivity contribution in [2.75, 3.05) is 0 Å². The fourth-order valence-electron chi connectivity index (χ4n) is 2.04. The van der Waals surface area contributed by atoms with Crippen LogP contribution in [0.5, 0.6) is 0 Å². The lowest BCUT2D eigenvalue weighted by Gasteiger charge is -2.09. The standard InChI is InChI=1S/C14H16O9/c15-11(16)5-7(13(19)20)3-9-1-2-10(23-9)4-8(14(21)22)6-12(17)18/h1-2,7-8H,3-6H2,(H,15,16)(H,17,18)(H,19,20)(H,21,22). The molecule has 0 bridgehead atoms. The highest BCUT2D eigenvalue weighted by Gasteiger charge is 2.25. The summed E-state index contributed by atoms with van der Waals surface area (Å²) in [7, 11) is 0. The maximum Gasteiger partial charge on any atom is 0.307 e. The second kappa shape index (κ2) is 7.97. The van der Waals surface area contributed by atoms with E-state index in [0.717, 1.165) is 0 Å². The molecule has 0 aliphatic heterocycles. The number of carboxylic acids is 4. The summed E-state index contributed by atoms with van der Waals surface area (Å²) in [5, 5.41) is 35.2. The van der Waals surface area contributed by atoms with E-state index in [4.69, 9.17) is 24.8 Å². The summed E-state index contributed by atoms with van der Waals surface area (Å²) in [6.45, 7) is 0. The van der Waals surface area contributed by atoms with Gasteiger partial charge in [0.05, 0.1) is 24.7 Å². The summed E-state index contributed by atoms with van der Waals surface area (Å²) in [6, 6.07) is 2.85. The molecule has 0 spiro atoms. The number of carboxylic acid groups (broad SMARTS) is 4. The quantitative estimate of drug-likeness (QED) is 0.484. The van der Waals surface area contributed by atoms with Gasteiger partial charge in [-0.3, -0.25) is 19.2 Å². The topological polar surface area (TPSA) is 162 Å². The fraction of sp³-hybridized carbons (Fsp3) is 0.429. The van der Waals surface area contributed by atoms with Crippen molar-refractivity contribution in [1.82, 2.24) is 0 Å². The Morgan fingerprint density at radius 2 is 1.13 bits per heavy atom. The van der Waals surface area contributed by atoms with Gasteiger partial charge in [-0.15, -0.1) is 0 Å². The first-order valence-electron chi connectivity index (χ1n) is 6.65. The largest absolute Gasteiger partial charge is 0.481 e. The van der Waals surface area contributed by atoms with Crippen LogP contribution in [-0.2, 0) is 32.0 Å². The van der Waals surface area contributed by atoms with Crippen LogP contribution >= 0.6 is 0 Å². The zero-order valence-electron chi connectivity index (χ0n) is 12.0. The monoisotopic (exact) mass is 328 g/mol. The maximum atomic E-state index is 11.0. The second-order valence-corrected chi connectivity index (χ2v) is 5.04. The lowest BCUT2D eigenvalue weighted by Crippen LogP contribution is -2.20. The maximum absolute atomic E-state index is 11.0. The van der Waals surface area contributed by atoms with Crippen LogP contribution in [0, 0.1) is 11.8 Å². The van der Waals surface area contributed by atoms with Crippen molar-refractivity contribution in [2.24, 2.45) is 11.8 Å². The molecule has 23 heavy (non-hydrogen) atoms. The lowest BCUT2D eigenvalue weighted by molar-refractivity contribution is -0.148. The summed E-state index contributed by atoms with van der Waals surface area (Å²) in [6.07, 6.45) is -1.44. The van der Waals surface area contributed by atoms with Crippen molar-refractivity contribution in [3.05, 3.63) is 23.7 Å². The van der Waals surface area contributed by atoms with E-state index in [-0.39, 0.29) is 24.4 Å². The van der Waals surface area contributed by atoms with Gasteiger partial charge in [0.25, 0.3) is 0 Å². The third-order valence-electron chi connectivity index (χ3n) is 3.15. The molecule has 1 aromatic heterocycles. The highest BCUT2D eigenvalue weighted by molar-refractivity contribution is 5.78. The van der Waals surface area contributed by atoms with Crippen molar-refractivity contribution in [1.29, 1.82) is 0 Å². The predicted molar refractivity (Wildman–Crippen MR) is 72.9 cm³/mol. The highest BCUT2D eigenvalue weighted by Crippen LogP contribution is 2.19. The van der Waals surface area contributed by atoms with Gasteiger partial charge in [0, 0.05) is 12.8 Å². The first kappa shape index (κ1) is 18.2. The van der Waals surface area contributed by atoms with Crippen molar-refractivity contribution < 1.29 is 44.0 Å². The normalized spacial score (nSPS) is 13.2. The van der Waals surface area contributed by atoms with E-state index in [1.165, 1.54) is 12.1 Å². The molecule has 0 aromatic carbocycles. The number of aliphatic carboxylic acids is 4. The zero-order chi connectivity index (χ0) is 17.6. The molecule has 1 aromatic rings. The van der Waals surface area contributed by atoms with Gasteiger partial charge >= 0.3 is 23.9 Å². The van der Waals surface area contributed by atoms with Crippen LogP contribution in [0.3, 0.4) is 0 Å². The van der Waals surface area contributed by atoms with Crippen LogP contribution in [0.2, 0.25) is 0 Å². The molecule has 0 aliphatic carbocycles. The Labute approximate surface area is 130 Å². The Morgan fingerprint density at radius 1 is 0.783 bits per heavy atom. The third-order valence-corrected chi connectivity index (χ3v) is 3.15. The number of furan rings is 1. The number of carbonyl (C=O) groups is 4. The summed E-state index contributed by atoms with van der Waals surface area (Å²) >= 11 is 0. The molecule has 0 aliphatic rings. The van der Waals surface area contributed by atoms with Crippen LogP contribution in [0.1, 0.15) is 24.4 Å². The molecule has 2 atom stereocenters. The minimum Gasteiger partial charge on any atom is -0.481 e. The SMILES string of the molecule is O=C(O)CC(Cc1ccc(CC(CC(=O)O)C(=O)O)o1)C(=O)O. The van der Waals surface area contributed by atoms with E-state index in [1.807, 2.05) is 0 Å². The Kier molecular flexibility index (Phi) is 6.31. The summed E-state index contributed by atoms with van der Waals surface area (Å²) < 4.78 is 5.30. The molecule has 0 amide bonds. The van der Waals surface area contributed by atoms with E-state index in [1.54, 1.807) is 0 Å². The molecule has 0 saturated heterocycles. The average Bonchev–Trinajstić information content (AvgIpc) is 2.83. The van der Waals surface area contributed by atoms with E-state index in [2.05, 4.69) is 0 Å². The van der Waals surface area contributed by atoms with Crippen LogP contribution < -0.4 is 0 Å². The van der Waals surface area contributed by atoms with Gasteiger partial charge in [-0.2, -0.15) is 0 Å². The molecular weight excluding hydrogens is 312 g/mol. The minimum atomic E-state index is -1.28. The van der Waals surface area contributed by atoms with Crippen LogP contribution in [0.25, 0.3) is 0 Å². The molecular formula is C14H16O9. The highest BCUT2D eigenvalue weighted by atomic mass is 16.4. The molecule has 0 saturated carbocycles. The summed E-state index contributed by atoms with van der Waals surface area (Å²) in [5.74, 6) is -6.99. The van der Waals surface area contributed by atoms with Crippen LogP contribution in [0.4, 0.5) is 0 Å². The van der Waals surface area contributed by atoms with Gasteiger partial charge in [0.1, 0.15) is 11.5 Å². The zero-order valence-corrected chi connectivity index (χ0v) is 12.0. The second-order valence-electron chi connectivity index (χ2n) is 5.04.